The second-order valence-corrected chi connectivity index (χ2v) is 4.06. The first kappa shape index (κ1) is 10.3. The molecule has 2 aliphatic heterocycles. The third kappa shape index (κ3) is 1.66. The second kappa shape index (κ2) is 3.43. The van der Waals surface area contributed by atoms with Gasteiger partial charge in [-0.05, 0) is 13.8 Å². The second-order valence-electron chi connectivity index (χ2n) is 4.06. The minimum atomic E-state index is -0.742. The predicted molar refractivity (Wildman–Crippen MR) is 46.6 cm³/mol. The summed E-state index contributed by atoms with van der Waals surface area (Å²) in [5.41, 5.74) is 0. The Bertz CT molecular complexity index is 215. The fourth-order valence-electron chi connectivity index (χ4n) is 1.82. The maximum atomic E-state index is 9.79. The summed E-state index contributed by atoms with van der Waals surface area (Å²) in [6.07, 6.45) is -1.94. The van der Waals surface area contributed by atoms with Crippen molar-refractivity contribution in [2.75, 3.05) is 13.7 Å². The van der Waals surface area contributed by atoms with Gasteiger partial charge in [0.2, 0.25) is 0 Å². The Morgan fingerprint density at radius 2 is 2.14 bits per heavy atom. The first-order valence-corrected chi connectivity index (χ1v) is 4.71. The van der Waals surface area contributed by atoms with Gasteiger partial charge < -0.3 is 24.1 Å². The lowest BCUT2D eigenvalue weighted by atomic mass is 10.1. The summed E-state index contributed by atoms with van der Waals surface area (Å²) in [7, 11) is 1.50. The molecule has 0 unspecified atom stereocenters. The molecule has 0 aromatic heterocycles. The van der Waals surface area contributed by atoms with Gasteiger partial charge in [-0.25, -0.2) is 0 Å². The molecular formula is C9H16O5. The maximum Gasteiger partial charge on any atom is 0.186 e. The normalized spacial score (nSPS) is 46.3. The van der Waals surface area contributed by atoms with Gasteiger partial charge in [0.25, 0.3) is 0 Å². The van der Waals surface area contributed by atoms with E-state index in [2.05, 4.69) is 0 Å². The van der Waals surface area contributed by atoms with Gasteiger partial charge in [0, 0.05) is 7.11 Å². The highest BCUT2D eigenvalue weighted by atomic mass is 16.8. The third-order valence-electron chi connectivity index (χ3n) is 2.54. The van der Waals surface area contributed by atoms with E-state index in [0.29, 0.717) is 6.61 Å². The lowest BCUT2D eigenvalue weighted by molar-refractivity contribution is -0.300. The molecule has 0 aromatic rings. The minimum absolute atomic E-state index is 0.233. The maximum absolute atomic E-state index is 9.79. The van der Waals surface area contributed by atoms with Gasteiger partial charge in [-0.2, -0.15) is 0 Å². The molecule has 4 atom stereocenters. The van der Waals surface area contributed by atoms with Gasteiger partial charge in [-0.15, -0.1) is 0 Å². The van der Waals surface area contributed by atoms with Crippen molar-refractivity contribution < 1.29 is 24.1 Å². The van der Waals surface area contributed by atoms with Gasteiger partial charge in [0.1, 0.15) is 18.3 Å². The number of fused-ring (bicyclic) bond motifs is 1. The van der Waals surface area contributed by atoms with Gasteiger partial charge >= 0.3 is 0 Å². The standard InChI is InChI=1S/C9H16O5/c1-9(2)12-4-5-7(14-9)6(10)8(11-3)13-5/h5-8,10H,4H2,1-3H3/t5-,6-,7+,8+/m1/s1. The first-order valence-electron chi connectivity index (χ1n) is 4.71. The molecule has 5 heteroatoms. The number of rotatable bonds is 1. The molecule has 2 aliphatic rings. The van der Waals surface area contributed by atoms with Crippen molar-refractivity contribution >= 4 is 0 Å². The Morgan fingerprint density at radius 3 is 2.79 bits per heavy atom. The number of aliphatic hydroxyl groups is 1. The number of hydrogen-bond acceptors (Lipinski definition) is 5. The summed E-state index contributed by atoms with van der Waals surface area (Å²) in [5, 5.41) is 9.79. The van der Waals surface area contributed by atoms with Crippen LogP contribution < -0.4 is 0 Å². The van der Waals surface area contributed by atoms with Crippen LogP contribution in [0.3, 0.4) is 0 Å². The van der Waals surface area contributed by atoms with E-state index in [-0.39, 0.29) is 12.2 Å². The molecule has 0 aliphatic carbocycles. The van der Waals surface area contributed by atoms with Crippen molar-refractivity contribution in [2.45, 2.75) is 44.2 Å². The van der Waals surface area contributed by atoms with Crippen LogP contribution in [0.15, 0.2) is 0 Å². The summed E-state index contributed by atoms with van der Waals surface area (Å²) in [6.45, 7) is 4.06. The SMILES string of the molecule is CO[C@H]1O[C@@H]2COC(C)(C)O[C@@H]2[C@H]1O. The molecule has 2 saturated heterocycles. The van der Waals surface area contributed by atoms with Gasteiger partial charge in [0.05, 0.1) is 6.61 Å². The van der Waals surface area contributed by atoms with Crippen molar-refractivity contribution in [3.63, 3.8) is 0 Å². The third-order valence-corrected chi connectivity index (χ3v) is 2.54. The van der Waals surface area contributed by atoms with Crippen molar-refractivity contribution in [1.29, 1.82) is 0 Å². The van der Waals surface area contributed by atoms with E-state index in [9.17, 15) is 5.11 Å². The summed E-state index contributed by atoms with van der Waals surface area (Å²) < 4.78 is 21.3. The van der Waals surface area contributed by atoms with Crippen LogP contribution in [0.1, 0.15) is 13.8 Å². The summed E-state index contributed by atoms with van der Waals surface area (Å²) in [6, 6.07) is 0. The number of hydrogen-bond donors (Lipinski definition) is 1. The predicted octanol–water partition coefficient (Wildman–Crippen LogP) is -0.130. The molecule has 0 amide bonds. The Balaban J connectivity index is 2.07. The molecule has 0 radical (unpaired) electrons. The van der Waals surface area contributed by atoms with Crippen LogP contribution in [0.2, 0.25) is 0 Å². The van der Waals surface area contributed by atoms with Crippen LogP contribution in [0.5, 0.6) is 0 Å². The molecule has 0 spiro atoms. The zero-order valence-corrected chi connectivity index (χ0v) is 8.60. The Hall–Kier alpha value is -0.200. The van der Waals surface area contributed by atoms with Crippen LogP contribution in [0.4, 0.5) is 0 Å². The number of aliphatic hydroxyl groups excluding tert-OH is 1. The molecule has 14 heavy (non-hydrogen) atoms. The average Bonchev–Trinajstić information content (AvgIpc) is 2.42. The van der Waals surface area contributed by atoms with Crippen molar-refractivity contribution in [3.05, 3.63) is 0 Å². The lowest BCUT2D eigenvalue weighted by Gasteiger charge is -2.37. The molecule has 2 heterocycles. The zero-order chi connectivity index (χ0) is 10.3. The van der Waals surface area contributed by atoms with Crippen LogP contribution in [-0.4, -0.2) is 49.2 Å². The molecule has 0 saturated carbocycles. The van der Waals surface area contributed by atoms with Gasteiger partial charge in [0.15, 0.2) is 12.1 Å². The largest absolute Gasteiger partial charge is 0.385 e. The Labute approximate surface area is 82.9 Å². The molecule has 1 N–H and O–H groups in total. The first-order chi connectivity index (χ1) is 6.53. The highest BCUT2D eigenvalue weighted by molar-refractivity contribution is 4.91. The van der Waals surface area contributed by atoms with Crippen molar-refractivity contribution in [2.24, 2.45) is 0 Å². The fourth-order valence-corrected chi connectivity index (χ4v) is 1.82. The summed E-state index contributed by atoms with van der Waals surface area (Å²) in [5.74, 6) is -0.659. The molecule has 82 valence electrons. The topological polar surface area (TPSA) is 57.2 Å². The quantitative estimate of drug-likeness (QED) is 0.644. The van der Waals surface area contributed by atoms with E-state index in [4.69, 9.17) is 18.9 Å². The number of methoxy groups -OCH3 is 1. The van der Waals surface area contributed by atoms with Crippen molar-refractivity contribution in [1.82, 2.24) is 0 Å². The highest BCUT2D eigenvalue weighted by Gasteiger charge is 2.50. The van der Waals surface area contributed by atoms with E-state index < -0.39 is 18.2 Å². The molecule has 0 bridgehead atoms. The zero-order valence-electron chi connectivity index (χ0n) is 8.60. The van der Waals surface area contributed by atoms with E-state index >= 15 is 0 Å². The Kier molecular flexibility index (Phi) is 2.53. The van der Waals surface area contributed by atoms with Gasteiger partial charge in [-0.3, -0.25) is 0 Å². The molecule has 2 rings (SSSR count). The molecular weight excluding hydrogens is 188 g/mol. The van der Waals surface area contributed by atoms with E-state index in [1.54, 1.807) is 0 Å². The molecule has 5 nitrogen and oxygen atoms in total. The average molecular weight is 204 g/mol. The number of ether oxygens (including phenoxy) is 4. The van der Waals surface area contributed by atoms with Crippen LogP contribution in [-0.2, 0) is 18.9 Å². The fraction of sp³-hybridized carbons (Fsp3) is 1.00. The highest BCUT2D eigenvalue weighted by Crippen LogP contribution is 2.33. The minimum Gasteiger partial charge on any atom is -0.385 e. The van der Waals surface area contributed by atoms with Crippen LogP contribution in [0, 0.1) is 0 Å². The summed E-state index contributed by atoms with van der Waals surface area (Å²) in [4.78, 5) is 0. The van der Waals surface area contributed by atoms with E-state index in [1.807, 2.05) is 13.8 Å². The monoisotopic (exact) mass is 204 g/mol. The van der Waals surface area contributed by atoms with Gasteiger partial charge in [-0.1, -0.05) is 0 Å². The molecule has 2 fully saturated rings. The Morgan fingerprint density at radius 1 is 1.43 bits per heavy atom. The molecule has 0 aromatic carbocycles. The smallest absolute Gasteiger partial charge is 0.186 e. The van der Waals surface area contributed by atoms with Crippen LogP contribution in [0.25, 0.3) is 0 Å². The van der Waals surface area contributed by atoms with Crippen LogP contribution >= 0.6 is 0 Å². The van der Waals surface area contributed by atoms with E-state index in [1.165, 1.54) is 7.11 Å². The van der Waals surface area contributed by atoms with E-state index in [0.717, 1.165) is 0 Å². The lowest BCUT2D eigenvalue weighted by Crippen LogP contribution is -2.50. The van der Waals surface area contributed by atoms with Crippen molar-refractivity contribution in [3.8, 4) is 0 Å². The summed E-state index contributed by atoms with van der Waals surface area (Å²) >= 11 is 0.